The molecular formula is C17H11N3. The van der Waals surface area contributed by atoms with Gasteiger partial charge in [0.05, 0.1) is 22.7 Å². The molecule has 94 valence electrons. The fourth-order valence-electron chi connectivity index (χ4n) is 2.81. The third kappa shape index (κ3) is 1.36. The van der Waals surface area contributed by atoms with Crippen molar-refractivity contribution in [3.05, 3.63) is 59.8 Å². The van der Waals surface area contributed by atoms with Crippen molar-refractivity contribution in [2.75, 3.05) is 0 Å². The summed E-state index contributed by atoms with van der Waals surface area (Å²) in [6.07, 6.45) is 0. The number of para-hydroxylation sites is 1. The lowest BCUT2D eigenvalue weighted by atomic mass is 10.2. The number of benzene rings is 2. The Kier molecular flexibility index (Phi) is 2.10. The van der Waals surface area contributed by atoms with Crippen LogP contribution >= 0.6 is 0 Å². The molecule has 0 fully saturated rings. The maximum atomic E-state index is 9.02. The Hall–Kier alpha value is -2.86. The molecule has 4 rings (SSSR count). The van der Waals surface area contributed by atoms with E-state index < -0.39 is 0 Å². The van der Waals surface area contributed by atoms with Crippen molar-refractivity contribution >= 4 is 27.5 Å². The molecule has 4 aromatic rings. The van der Waals surface area contributed by atoms with Gasteiger partial charge in [0.25, 0.3) is 0 Å². The molecule has 2 aromatic heterocycles. The van der Waals surface area contributed by atoms with Crippen LogP contribution in [-0.2, 0) is 0 Å². The van der Waals surface area contributed by atoms with Crippen molar-refractivity contribution in [3.63, 3.8) is 0 Å². The van der Waals surface area contributed by atoms with Gasteiger partial charge in [-0.05, 0) is 37.3 Å². The molecule has 0 aliphatic heterocycles. The highest BCUT2D eigenvalue weighted by Gasteiger charge is 2.09. The second-order valence-electron chi connectivity index (χ2n) is 4.94. The highest BCUT2D eigenvalue weighted by molar-refractivity contribution is 5.94. The van der Waals surface area contributed by atoms with E-state index in [1.54, 1.807) is 0 Å². The van der Waals surface area contributed by atoms with E-state index in [-0.39, 0.29) is 0 Å². The normalized spacial score (nSPS) is 11.2. The van der Waals surface area contributed by atoms with E-state index in [1.165, 1.54) is 0 Å². The average molecular weight is 257 g/mol. The first-order valence-electron chi connectivity index (χ1n) is 6.48. The van der Waals surface area contributed by atoms with E-state index >= 15 is 0 Å². The van der Waals surface area contributed by atoms with Gasteiger partial charge in [0.1, 0.15) is 5.65 Å². The van der Waals surface area contributed by atoms with Crippen molar-refractivity contribution in [2.24, 2.45) is 0 Å². The Labute approximate surface area is 115 Å². The summed E-state index contributed by atoms with van der Waals surface area (Å²) >= 11 is 0. The molecule has 0 spiro atoms. The van der Waals surface area contributed by atoms with Gasteiger partial charge in [0.15, 0.2) is 0 Å². The Balaban J connectivity index is 2.29. The maximum Gasteiger partial charge on any atom is 0.138 e. The lowest BCUT2D eigenvalue weighted by Crippen LogP contribution is -1.94. The Bertz CT molecular complexity index is 1020. The Morgan fingerprint density at radius 2 is 1.90 bits per heavy atom. The lowest BCUT2D eigenvalue weighted by molar-refractivity contribution is 1.18. The number of hydrogen-bond donors (Lipinski definition) is 0. The van der Waals surface area contributed by atoms with Crippen LogP contribution in [0.15, 0.2) is 48.5 Å². The summed E-state index contributed by atoms with van der Waals surface area (Å²) < 4.78 is 2.15. The first kappa shape index (κ1) is 11.0. The summed E-state index contributed by atoms with van der Waals surface area (Å²) in [7, 11) is 0. The number of aryl methyl sites for hydroxylation is 1. The zero-order valence-electron chi connectivity index (χ0n) is 11.0. The molecule has 3 heteroatoms. The van der Waals surface area contributed by atoms with Gasteiger partial charge in [0, 0.05) is 16.5 Å². The summed E-state index contributed by atoms with van der Waals surface area (Å²) in [5.41, 5.74) is 4.86. The minimum Gasteiger partial charge on any atom is -0.294 e. The predicted molar refractivity (Wildman–Crippen MR) is 79.7 cm³/mol. The van der Waals surface area contributed by atoms with Gasteiger partial charge in [-0.25, -0.2) is 4.98 Å². The quantitative estimate of drug-likeness (QED) is 0.480. The van der Waals surface area contributed by atoms with E-state index in [2.05, 4.69) is 27.6 Å². The third-order valence-corrected chi connectivity index (χ3v) is 3.73. The van der Waals surface area contributed by atoms with Crippen molar-refractivity contribution < 1.29 is 0 Å². The number of aromatic nitrogens is 2. The second-order valence-corrected chi connectivity index (χ2v) is 4.94. The first-order valence-corrected chi connectivity index (χ1v) is 6.48. The molecule has 0 radical (unpaired) electrons. The highest BCUT2D eigenvalue weighted by atomic mass is 15.0. The summed E-state index contributed by atoms with van der Waals surface area (Å²) in [6.45, 7) is 2.03. The van der Waals surface area contributed by atoms with Crippen molar-refractivity contribution in [1.29, 1.82) is 5.26 Å². The van der Waals surface area contributed by atoms with E-state index in [1.807, 2.05) is 43.3 Å². The van der Waals surface area contributed by atoms with Crippen LogP contribution in [0.25, 0.3) is 27.5 Å². The molecule has 0 saturated carbocycles. The SMILES string of the molecule is Cc1nc2cc3cc(C#N)ccc3n2c2ccccc12. The molecule has 2 heterocycles. The summed E-state index contributed by atoms with van der Waals surface area (Å²) in [5.74, 6) is 0. The molecule has 20 heavy (non-hydrogen) atoms. The standard InChI is InChI=1S/C17H11N3/c1-11-14-4-2-3-5-16(14)20-15-7-6-12(10-18)8-13(15)9-17(20)19-11/h2-9H,1H3. The summed E-state index contributed by atoms with van der Waals surface area (Å²) in [5, 5.41) is 11.2. The van der Waals surface area contributed by atoms with Gasteiger partial charge in [-0.15, -0.1) is 0 Å². The molecule has 0 unspecified atom stereocenters. The van der Waals surface area contributed by atoms with E-state index in [0.717, 1.165) is 33.1 Å². The summed E-state index contributed by atoms with van der Waals surface area (Å²) in [4.78, 5) is 4.68. The molecule has 0 amide bonds. The monoisotopic (exact) mass is 257 g/mol. The van der Waals surface area contributed by atoms with Crippen LogP contribution in [0.1, 0.15) is 11.3 Å². The second kappa shape index (κ2) is 3.82. The van der Waals surface area contributed by atoms with Gasteiger partial charge in [-0.3, -0.25) is 4.40 Å². The molecule has 0 aliphatic rings. The predicted octanol–water partition coefficient (Wildman–Crippen LogP) is 3.82. The lowest BCUT2D eigenvalue weighted by Gasteiger charge is -2.06. The van der Waals surface area contributed by atoms with Gasteiger partial charge in [-0.2, -0.15) is 5.26 Å². The average Bonchev–Trinajstić information content (AvgIpc) is 2.84. The topological polar surface area (TPSA) is 41.1 Å². The zero-order chi connectivity index (χ0) is 13.7. The van der Waals surface area contributed by atoms with Crippen molar-refractivity contribution in [2.45, 2.75) is 6.92 Å². The van der Waals surface area contributed by atoms with E-state index in [0.29, 0.717) is 5.56 Å². The van der Waals surface area contributed by atoms with Gasteiger partial charge < -0.3 is 0 Å². The Morgan fingerprint density at radius 3 is 2.75 bits per heavy atom. The van der Waals surface area contributed by atoms with Crippen LogP contribution in [0.4, 0.5) is 0 Å². The van der Waals surface area contributed by atoms with Crippen molar-refractivity contribution in [1.82, 2.24) is 9.38 Å². The molecule has 0 atom stereocenters. The Morgan fingerprint density at radius 1 is 1.05 bits per heavy atom. The van der Waals surface area contributed by atoms with Gasteiger partial charge in [-0.1, -0.05) is 18.2 Å². The van der Waals surface area contributed by atoms with Crippen LogP contribution < -0.4 is 0 Å². The smallest absolute Gasteiger partial charge is 0.138 e. The number of nitriles is 1. The molecule has 3 nitrogen and oxygen atoms in total. The van der Waals surface area contributed by atoms with E-state index in [9.17, 15) is 0 Å². The van der Waals surface area contributed by atoms with Crippen LogP contribution in [0, 0.1) is 18.3 Å². The molecule has 0 saturated heterocycles. The minimum atomic E-state index is 0.675. The van der Waals surface area contributed by atoms with Crippen molar-refractivity contribution in [3.8, 4) is 6.07 Å². The number of fused-ring (bicyclic) bond motifs is 5. The van der Waals surface area contributed by atoms with Gasteiger partial charge in [0.2, 0.25) is 0 Å². The van der Waals surface area contributed by atoms with Gasteiger partial charge >= 0.3 is 0 Å². The molecule has 0 N–H and O–H groups in total. The third-order valence-electron chi connectivity index (χ3n) is 3.73. The zero-order valence-corrected chi connectivity index (χ0v) is 11.0. The molecular weight excluding hydrogens is 246 g/mol. The van der Waals surface area contributed by atoms with Crippen LogP contribution in [0.5, 0.6) is 0 Å². The minimum absolute atomic E-state index is 0.675. The molecule has 0 bridgehead atoms. The number of nitrogens with zero attached hydrogens (tertiary/aromatic N) is 3. The largest absolute Gasteiger partial charge is 0.294 e. The summed E-state index contributed by atoms with van der Waals surface area (Å²) in [6, 6.07) is 18.2. The fourth-order valence-corrected chi connectivity index (χ4v) is 2.81. The fraction of sp³-hybridized carbons (Fsp3) is 0.0588. The number of hydrogen-bond acceptors (Lipinski definition) is 2. The number of rotatable bonds is 0. The van der Waals surface area contributed by atoms with Crippen LogP contribution in [0.3, 0.4) is 0 Å². The van der Waals surface area contributed by atoms with E-state index in [4.69, 9.17) is 5.26 Å². The highest BCUT2D eigenvalue weighted by Crippen LogP contribution is 2.26. The maximum absolute atomic E-state index is 9.02. The van der Waals surface area contributed by atoms with Crippen LogP contribution in [0.2, 0.25) is 0 Å². The molecule has 2 aromatic carbocycles. The molecule has 0 aliphatic carbocycles. The first-order chi connectivity index (χ1) is 9.78. The van der Waals surface area contributed by atoms with Crippen LogP contribution in [-0.4, -0.2) is 9.38 Å².